The minimum atomic E-state index is -0.593. The SMILES string of the molecule is C/C=C/CN1C(=O)C2C(N=C3OC(c4ccccc4)=CN32)N(C)C1=O. The number of allylic oxidation sites excluding steroid dienone is 1. The smallest absolute Gasteiger partial charge is 0.328 e. The minimum Gasteiger partial charge on any atom is -0.423 e. The highest BCUT2D eigenvalue weighted by Crippen LogP contribution is 2.35. The van der Waals surface area contributed by atoms with E-state index in [1.165, 1.54) is 9.80 Å². The zero-order valence-electron chi connectivity index (χ0n) is 14.0. The molecule has 0 aromatic heterocycles. The van der Waals surface area contributed by atoms with Crippen LogP contribution < -0.4 is 0 Å². The first-order valence-corrected chi connectivity index (χ1v) is 8.12. The third kappa shape index (κ3) is 2.31. The highest BCUT2D eigenvalue weighted by molar-refractivity contribution is 6.04. The van der Waals surface area contributed by atoms with Crippen molar-refractivity contribution in [1.82, 2.24) is 14.7 Å². The van der Waals surface area contributed by atoms with Crippen LogP contribution in [0, 0.1) is 0 Å². The molecule has 0 saturated carbocycles. The van der Waals surface area contributed by atoms with E-state index in [2.05, 4.69) is 4.99 Å². The van der Waals surface area contributed by atoms with Gasteiger partial charge in [-0.3, -0.25) is 14.6 Å². The number of amidine groups is 1. The number of hydrogen-bond donors (Lipinski definition) is 0. The lowest BCUT2D eigenvalue weighted by Crippen LogP contribution is -2.64. The number of hydrogen-bond acceptors (Lipinski definition) is 5. The van der Waals surface area contributed by atoms with E-state index in [9.17, 15) is 9.59 Å². The number of nitrogens with zero attached hydrogens (tertiary/aromatic N) is 4. The van der Waals surface area contributed by atoms with Crippen molar-refractivity contribution in [3.8, 4) is 0 Å². The Hall–Kier alpha value is -3.09. The quantitative estimate of drug-likeness (QED) is 0.789. The normalized spacial score (nSPS) is 25.1. The van der Waals surface area contributed by atoms with Gasteiger partial charge in [0.1, 0.15) is 0 Å². The van der Waals surface area contributed by atoms with Gasteiger partial charge in [0.2, 0.25) is 0 Å². The van der Waals surface area contributed by atoms with Crippen LogP contribution in [0.4, 0.5) is 4.79 Å². The van der Waals surface area contributed by atoms with Gasteiger partial charge >= 0.3 is 6.03 Å². The summed E-state index contributed by atoms with van der Waals surface area (Å²) < 4.78 is 5.83. The Morgan fingerprint density at radius 2 is 2.00 bits per heavy atom. The average molecular weight is 338 g/mol. The molecule has 25 heavy (non-hydrogen) atoms. The third-order valence-electron chi connectivity index (χ3n) is 4.53. The zero-order valence-corrected chi connectivity index (χ0v) is 14.0. The molecule has 7 nitrogen and oxygen atoms in total. The standard InChI is InChI=1S/C18H18N4O3/c1-3-4-10-21-16(23)14-15(20(2)18(21)24)19-17-22(14)11-13(25-17)12-8-6-5-7-9-12/h3-9,11,14-15H,10H2,1-2H3/b4-3+. The van der Waals surface area contributed by atoms with Crippen LogP contribution in [0.1, 0.15) is 12.5 Å². The lowest BCUT2D eigenvalue weighted by atomic mass is 10.1. The summed E-state index contributed by atoms with van der Waals surface area (Å²) >= 11 is 0. The van der Waals surface area contributed by atoms with Crippen molar-refractivity contribution in [2.45, 2.75) is 19.1 Å². The molecule has 0 spiro atoms. The predicted octanol–water partition coefficient (Wildman–Crippen LogP) is 1.85. The molecule has 128 valence electrons. The van der Waals surface area contributed by atoms with E-state index in [4.69, 9.17) is 4.74 Å². The fraction of sp³-hybridized carbons (Fsp3) is 0.278. The van der Waals surface area contributed by atoms with E-state index in [1.807, 2.05) is 43.3 Å². The van der Waals surface area contributed by atoms with Crippen LogP contribution in [-0.2, 0) is 9.53 Å². The Kier molecular flexibility index (Phi) is 3.56. The molecule has 2 atom stereocenters. The number of ether oxygens (including phenoxy) is 1. The Labute approximate surface area is 145 Å². The fourth-order valence-corrected chi connectivity index (χ4v) is 3.20. The molecule has 0 radical (unpaired) electrons. The second-order valence-electron chi connectivity index (χ2n) is 6.05. The average Bonchev–Trinajstić information content (AvgIpc) is 3.18. The molecule has 1 fully saturated rings. The third-order valence-corrected chi connectivity index (χ3v) is 4.53. The summed E-state index contributed by atoms with van der Waals surface area (Å²) in [5, 5.41) is 0. The molecule has 1 aromatic carbocycles. The first kappa shape index (κ1) is 15.4. The summed E-state index contributed by atoms with van der Waals surface area (Å²) in [5.41, 5.74) is 0.912. The van der Waals surface area contributed by atoms with Crippen molar-refractivity contribution < 1.29 is 14.3 Å². The van der Waals surface area contributed by atoms with Crippen molar-refractivity contribution >= 4 is 23.7 Å². The number of carbonyl (C=O) groups excluding carboxylic acids is 2. The second-order valence-corrected chi connectivity index (χ2v) is 6.05. The van der Waals surface area contributed by atoms with Crippen LogP contribution >= 0.6 is 0 Å². The Bertz CT molecular complexity index is 815. The van der Waals surface area contributed by atoms with Crippen molar-refractivity contribution in [1.29, 1.82) is 0 Å². The molecule has 3 amide bonds. The number of imide groups is 1. The molecule has 3 heterocycles. The number of rotatable bonds is 3. The van der Waals surface area contributed by atoms with Gasteiger partial charge in [0.15, 0.2) is 18.0 Å². The van der Waals surface area contributed by atoms with Crippen LogP contribution in [0.25, 0.3) is 5.76 Å². The highest BCUT2D eigenvalue weighted by atomic mass is 16.5. The van der Waals surface area contributed by atoms with Crippen LogP contribution in [-0.4, -0.2) is 58.5 Å². The number of amides is 3. The summed E-state index contributed by atoms with van der Waals surface area (Å²) in [4.78, 5) is 34.2. The maximum atomic E-state index is 12.9. The summed E-state index contributed by atoms with van der Waals surface area (Å²) in [6, 6.07) is 9.06. The predicted molar refractivity (Wildman–Crippen MR) is 92.0 cm³/mol. The van der Waals surface area contributed by atoms with Crippen LogP contribution in [0.5, 0.6) is 0 Å². The van der Waals surface area contributed by atoms with Gasteiger partial charge in [0, 0.05) is 19.2 Å². The first-order chi connectivity index (χ1) is 12.1. The number of fused-ring (bicyclic) bond motifs is 3. The van der Waals surface area contributed by atoms with Gasteiger partial charge in [0.25, 0.3) is 11.9 Å². The minimum absolute atomic E-state index is 0.251. The highest BCUT2D eigenvalue weighted by Gasteiger charge is 2.53. The van der Waals surface area contributed by atoms with E-state index in [-0.39, 0.29) is 18.5 Å². The van der Waals surface area contributed by atoms with Gasteiger partial charge in [-0.1, -0.05) is 42.5 Å². The first-order valence-electron chi connectivity index (χ1n) is 8.12. The molecule has 4 rings (SSSR count). The molecular weight excluding hydrogens is 320 g/mol. The molecule has 0 bridgehead atoms. The number of likely N-dealkylation sites (N-methyl/N-ethyl adjacent to an activating group) is 1. The van der Waals surface area contributed by atoms with Gasteiger partial charge in [-0.15, -0.1) is 0 Å². The molecule has 7 heteroatoms. The zero-order chi connectivity index (χ0) is 17.6. The maximum Gasteiger partial charge on any atom is 0.328 e. The Morgan fingerprint density at radius 1 is 1.24 bits per heavy atom. The second kappa shape index (κ2) is 5.77. The molecular formula is C18H18N4O3. The van der Waals surface area contributed by atoms with Gasteiger partial charge in [0.05, 0.1) is 6.20 Å². The van der Waals surface area contributed by atoms with E-state index in [0.29, 0.717) is 11.8 Å². The molecule has 1 saturated heterocycles. The van der Waals surface area contributed by atoms with E-state index >= 15 is 0 Å². The molecule has 2 unspecified atom stereocenters. The lowest BCUT2D eigenvalue weighted by Gasteiger charge is -2.39. The fourth-order valence-electron chi connectivity index (χ4n) is 3.20. The Morgan fingerprint density at radius 3 is 2.72 bits per heavy atom. The monoisotopic (exact) mass is 338 g/mol. The molecule has 1 aromatic rings. The molecule has 0 N–H and O–H groups in total. The molecule has 3 aliphatic heterocycles. The molecule has 0 aliphatic carbocycles. The number of benzene rings is 1. The maximum absolute atomic E-state index is 12.9. The summed E-state index contributed by atoms with van der Waals surface area (Å²) in [5.74, 6) is 0.379. The number of urea groups is 1. The van der Waals surface area contributed by atoms with Gasteiger partial charge in [-0.25, -0.2) is 9.79 Å². The van der Waals surface area contributed by atoms with E-state index in [1.54, 1.807) is 24.2 Å². The lowest BCUT2D eigenvalue weighted by molar-refractivity contribution is -0.136. The van der Waals surface area contributed by atoms with Crippen molar-refractivity contribution in [3.63, 3.8) is 0 Å². The van der Waals surface area contributed by atoms with Crippen LogP contribution in [0.2, 0.25) is 0 Å². The molecule has 3 aliphatic rings. The van der Waals surface area contributed by atoms with Crippen LogP contribution in [0.15, 0.2) is 53.7 Å². The Balaban J connectivity index is 1.65. The van der Waals surface area contributed by atoms with Crippen molar-refractivity contribution in [2.24, 2.45) is 4.99 Å². The van der Waals surface area contributed by atoms with E-state index in [0.717, 1.165) is 5.56 Å². The number of aliphatic imine (C=N–C) groups is 1. The van der Waals surface area contributed by atoms with E-state index < -0.39 is 12.2 Å². The summed E-state index contributed by atoms with van der Waals surface area (Å²) in [6.07, 6.45) is 4.82. The summed E-state index contributed by atoms with van der Waals surface area (Å²) in [7, 11) is 1.66. The van der Waals surface area contributed by atoms with Crippen molar-refractivity contribution in [2.75, 3.05) is 13.6 Å². The van der Waals surface area contributed by atoms with Crippen molar-refractivity contribution in [3.05, 3.63) is 54.2 Å². The largest absolute Gasteiger partial charge is 0.423 e. The van der Waals surface area contributed by atoms with Gasteiger partial charge in [-0.05, 0) is 6.92 Å². The topological polar surface area (TPSA) is 65.5 Å². The summed E-state index contributed by atoms with van der Waals surface area (Å²) in [6.45, 7) is 2.10. The van der Waals surface area contributed by atoms with Crippen LogP contribution in [0.3, 0.4) is 0 Å². The van der Waals surface area contributed by atoms with Gasteiger partial charge in [-0.2, -0.15) is 0 Å². The number of carbonyl (C=O) groups is 2. The van der Waals surface area contributed by atoms with Gasteiger partial charge < -0.3 is 9.64 Å².